The van der Waals surface area contributed by atoms with Crippen LogP contribution in [0, 0.1) is 0 Å². The minimum atomic E-state index is -4.61. The number of rotatable bonds is 5. The predicted octanol–water partition coefficient (Wildman–Crippen LogP) is 5.19. The third-order valence-corrected chi connectivity index (χ3v) is 6.00. The molecule has 0 radical (unpaired) electrons. The van der Waals surface area contributed by atoms with E-state index in [1.165, 1.54) is 29.2 Å². The fourth-order valence-electron chi connectivity index (χ4n) is 3.95. The second-order valence-corrected chi connectivity index (χ2v) is 8.84. The molecule has 37 heavy (non-hydrogen) atoms. The molecule has 8 nitrogen and oxygen atoms in total. The molecule has 1 fully saturated rings. The van der Waals surface area contributed by atoms with E-state index in [-0.39, 0.29) is 24.5 Å². The van der Waals surface area contributed by atoms with E-state index < -0.39 is 23.7 Å². The van der Waals surface area contributed by atoms with E-state index in [4.69, 9.17) is 4.74 Å². The number of carbonyl (C=O) groups is 2. The van der Waals surface area contributed by atoms with Gasteiger partial charge in [0.25, 0.3) is 5.91 Å². The molecule has 2 aromatic carbocycles. The highest BCUT2D eigenvalue weighted by atomic mass is 19.4. The van der Waals surface area contributed by atoms with Crippen molar-refractivity contribution in [2.24, 2.45) is 0 Å². The quantitative estimate of drug-likeness (QED) is 0.505. The lowest BCUT2D eigenvalue weighted by Crippen LogP contribution is -2.49. The first-order valence-corrected chi connectivity index (χ1v) is 11.7. The first-order valence-electron chi connectivity index (χ1n) is 11.7. The number of nitrogens with zero attached hydrogens (tertiary/aromatic N) is 4. The molecule has 1 aliphatic rings. The normalized spacial score (nSPS) is 14.0. The Labute approximate surface area is 212 Å². The summed E-state index contributed by atoms with van der Waals surface area (Å²) in [4.78, 5) is 28.2. The largest absolute Gasteiger partial charge is 0.418 e. The Morgan fingerprint density at radius 1 is 0.919 bits per heavy atom. The van der Waals surface area contributed by atoms with Crippen molar-refractivity contribution in [1.82, 2.24) is 15.1 Å². The molecule has 1 aromatic heterocycles. The second kappa shape index (κ2) is 10.9. The summed E-state index contributed by atoms with van der Waals surface area (Å²) in [6.07, 6.45) is -5.31. The number of alkyl halides is 3. The van der Waals surface area contributed by atoms with E-state index in [1.54, 1.807) is 18.2 Å². The molecule has 194 valence electrons. The zero-order valence-electron chi connectivity index (χ0n) is 20.3. The number of amides is 2. The maximum atomic E-state index is 13.3. The number of benzene rings is 2. The summed E-state index contributed by atoms with van der Waals surface area (Å²) in [6.45, 7) is 5.34. The Morgan fingerprint density at radius 3 is 2.19 bits per heavy atom. The molecule has 0 saturated carbocycles. The molecule has 0 spiro atoms. The van der Waals surface area contributed by atoms with Crippen LogP contribution in [-0.4, -0.2) is 53.3 Å². The molecule has 0 atom stereocenters. The highest BCUT2D eigenvalue weighted by Gasteiger charge is 2.36. The summed E-state index contributed by atoms with van der Waals surface area (Å²) in [6, 6.07) is 15.3. The smallest absolute Gasteiger partial charge is 0.389 e. The molecule has 11 heteroatoms. The SMILES string of the molecule is CC(C)c1ccc(NC(=O)Oc2ccc(N3CCN(C(=O)c4ccccc4C(F)(F)F)CC3)nn2)cc1. The number of anilines is 2. The van der Waals surface area contributed by atoms with Gasteiger partial charge in [-0.05, 0) is 41.8 Å². The number of nitrogens with one attached hydrogen (secondary N) is 1. The van der Waals surface area contributed by atoms with E-state index in [0.29, 0.717) is 30.5 Å². The highest BCUT2D eigenvalue weighted by Crippen LogP contribution is 2.32. The zero-order valence-corrected chi connectivity index (χ0v) is 20.3. The summed E-state index contributed by atoms with van der Waals surface area (Å²) in [7, 11) is 0. The third kappa shape index (κ3) is 6.35. The molecular weight excluding hydrogens is 487 g/mol. The van der Waals surface area contributed by atoms with Crippen LogP contribution in [0.4, 0.5) is 29.5 Å². The summed E-state index contributed by atoms with van der Waals surface area (Å²) in [5.41, 5.74) is 0.431. The molecule has 0 bridgehead atoms. The Bertz CT molecular complexity index is 1240. The van der Waals surface area contributed by atoms with Gasteiger partial charge in [-0.2, -0.15) is 13.2 Å². The third-order valence-electron chi connectivity index (χ3n) is 6.00. The topological polar surface area (TPSA) is 87.7 Å². The van der Waals surface area contributed by atoms with Gasteiger partial charge in [-0.15, -0.1) is 10.2 Å². The van der Waals surface area contributed by atoms with Gasteiger partial charge < -0.3 is 14.5 Å². The average Bonchev–Trinajstić information content (AvgIpc) is 2.88. The minimum absolute atomic E-state index is 0.0117. The molecule has 1 aliphatic heterocycles. The molecule has 1 saturated heterocycles. The highest BCUT2D eigenvalue weighted by molar-refractivity contribution is 5.96. The number of hydrogen-bond donors (Lipinski definition) is 1. The molecule has 0 unspecified atom stereocenters. The van der Waals surface area contributed by atoms with Gasteiger partial charge in [-0.3, -0.25) is 10.1 Å². The van der Waals surface area contributed by atoms with Crippen LogP contribution in [0.25, 0.3) is 0 Å². The van der Waals surface area contributed by atoms with Crippen molar-refractivity contribution in [3.63, 3.8) is 0 Å². The average molecular weight is 514 g/mol. The van der Waals surface area contributed by atoms with Crippen LogP contribution in [-0.2, 0) is 6.18 Å². The van der Waals surface area contributed by atoms with E-state index in [0.717, 1.165) is 11.6 Å². The Balaban J connectivity index is 1.31. The van der Waals surface area contributed by atoms with Gasteiger partial charge >= 0.3 is 12.3 Å². The van der Waals surface area contributed by atoms with Crippen molar-refractivity contribution in [3.8, 4) is 5.88 Å². The first kappa shape index (κ1) is 25.9. The van der Waals surface area contributed by atoms with Crippen LogP contribution in [0.15, 0.2) is 60.7 Å². The minimum Gasteiger partial charge on any atom is -0.389 e. The van der Waals surface area contributed by atoms with Gasteiger partial charge in [-0.25, -0.2) is 4.79 Å². The van der Waals surface area contributed by atoms with E-state index in [9.17, 15) is 22.8 Å². The number of carbonyl (C=O) groups excluding carboxylic acids is 2. The van der Waals surface area contributed by atoms with Gasteiger partial charge in [0.1, 0.15) is 0 Å². The lowest BCUT2D eigenvalue weighted by atomic mass is 10.0. The van der Waals surface area contributed by atoms with Crippen molar-refractivity contribution >= 4 is 23.5 Å². The summed E-state index contributed by atoms with van der Waals surface area (Å²) in [5, 5.41) is 10.6. The lowest BCUT2D eigenvalue weighted by molar-refractivity contribution is -0.138. The van der Waals surface area contributed by atoms with Gasteiger partial charge in [0.15, 0.2) is 5.82 Å². The summed E-state index contributed by atoms with van der Waals surface area (Å²) < 4.78 is 45.1. The molecular formula is C26H26F3N5O3. The summed E-state index contributed by atoms with van der Waals surface area (Å²) in [5.74, 6) is 0.231. The molecule has 2 heterocycles. The summed E-state index contributed by atoms with van der Waals surface area (Å²) >= 11 is 0. The van der Waals surface area contributed by atoms with Crippen LogP contribution in [0.3, 0.4) is 0 Å². The van der Waals surface area contributed by atoms with Crippen molar-refractivity contribution in [2.75, 3.05) is 36.4 Å². The Hall–Kier alpha value is -4.15. The van der Waals surface area contributed by atoms with Crippen molar-refractivity contribution in [1.29, 1.82) is 0 Å². The maximum Gasteiger partial charge on any atom is 0.418 e. The van der Waals surface area contributed by atoms with Crippen molar-refractivity contribution < 1.29 is 27.5 Å². The molecule has 1 N–H and O–H groups in total. The van der Waals surface area contributed by atoms with Crippen LogP contribution in [0.2, 0.25) is 0 Å². The molecule has 3 aromatic rings. The standard InChI is InChI=1S/C26H26F3N5O3/c1-17(2)18-7-9-19(10-8-18)30-25(36)37-23-12-11-22(31-32-23)33-13-15-34(16-14-33)24(35)20-5-3-4-6-21(20)26(27,28)29/h3-12,17H,13-16H2,1-2H3,(H,30,36). The first-order chi connectivity index (χ1) is 17.6. The molecule has 2 amide bonds. The molecule has 0 aliphatic carbocycles. The van der Waals surface area contributed by atoms with Gasteiger partial charge in [0.2, 0.25) is 5.88 Å². The van der Waals surface area contributed by atoms with E-state index in [1.807, 2.05) is 17.0 Å². The van der Waals surface area contributed by atoms with E-state index in [2.05, 4.69) is 29.4 Å². The fraction of sp³-hybridized carbons (Fsp3) is 0.308. The van der Waals surface area contributed by atoms with Gasteiger partial charge in [0.05, 0.1) is 11.1 Å². The lowest BCUT2D eigenvalue weighted by Gasteiger charge is -2.35. The molecule has 4 rings (SSSR count). The predicted molar refractivity (Wildman–Crippen MR) is 132 cm³/mol. The Kier molecular flexibility index (Phi) is 7.61. The van der Waals surface area contributed by atoms with Gasteiger partial charge in [-0.1, -0.05) is 38.1 Å². The number of aromatic nitrogens is 2. The monoisotopic (exact) mass is 513 g/mol. The van der Waals surface area contributed by atoms with Crippen LogP contribution in [0.1, 0.15) is 41.3 Å². The maximum absolute atomic E-state index is 13.3. The number of halogens is 3. The van der Waals surface area contributed by atoms with Crippen LogP contribution < -0.4 is 15.0 Å². The van der Waals surface area contributed by atoms with Crippen molar-refractivity contribution in [3.05, 3.63) is 77.4 Å². The zero-order chi connectivity index (χ0) is 26.6. The Morgan fingerprint density at radius 2 is 1.59 bits per heavy atom. The van der Waals surface area contributed by atoms with Crippen LogP contribution in [0.5, 0.6) is 5.88 Å². The van der Waals surface area contributed by atoms with Gasteiger partial charge in [0, 0.05) is 37.9 Å². The van der Waals surface area contributed by atoms with Crippen LogP contribution >= 0.6 is 0 Å². The van der Waals surface area contributed by atoms with Crippen molar-refractivity contribution in [2.45, 2.75) is 25.9 Å². The fourth-order valence-corrected chi connectivity index (χ4v) is 3.95. The number of hydrogen-bond acceptors (Lipinski definition) is 6. The van der Waals surface area contributed by atoms with E-state index >= 15 is 0 Å². The number of piperazine rings is 1. The number of ether oxygens (including phenoxy) is 1. The second-order valence-electron chi connectivity index (χ2n) is 8.84.